The van der Waals surface area contributed by atoms with Crippen LogP contribution in [-0.4, -0.2) is 52.4 Å². The van der Waals surface area contributed by atoms with E-state index in [2.05, 4.69) is 15.1 Å². The van der Waals surface area contributed by atoms with Gasteiger partial charge >= 0.3 is 5.76 Å². The van der Waals surface area contributed by atoms with Crippen molar-refractivity contribution in [1.29, 1.82) is 0 Å². The fourth-order valence-corrected chi connectivity index (χ4v) is 4.04. The van der Waals surface area contributed by atoms with Crippen molar-refractivity contribution in [1.82, 2.24) is 28.9 Å². The minimum absolute atomic E-state index is 0.0339. The molecule has 3 aromatic heterocycles. The fraction of sp³-hybridized carbons (Fsp3) is 0.316. The fourth-order valence-electron chi connectivity index (χ4n) is 3.92. The van der Waals surface area contributed by atoms with Crippen LogP contribution in [0.5, 0.6) is 0 Å². The van der Waals surface area contributed by atoms with E-state index in [0.717, 1.165) is 17.4 Å². The van der Waals surface area contributed by atoms with Gasteiger partial charge in [-0.15, -0.1) is 5.10 Å². The van der Waals surface area contributed by atoms with E-state index in [-0.39, 0.29) is 29.6 Å². The molecule has 0 unspecified atom stereocenters. The van der Waals surface area contributed by atoms with Gasteiger partial charge in [0.1, 0.15) is 12.9 Å². The molecule has 0 aliphatic heterocycles. The average Bonchev–Trinajstić information content (AvgIpc) is 3.29. The molecule has 5 rings (SSSR count). The summed E-state index contributed by atoms with van der Waals surface area (Å²) in [6, 6.07) is 7.59. The standard InChI is InChI=1S/C19H14B3ClN6O3/c20-19(21,22)28-9-25-16-15(28)17(30)27(8-24-16)7-14-26-29(18(31)32-14)13-5-11(6-13)10-1-3-12(23)4-2-10/h1-4,8-9,11,13H,5-7H2. The van der Waals surface area contributed by atoms with Crippen molar-refractivity contribution in [3.63, 3.8) is 0 Å². The molecule has 0 atom stereocenters. The number of halogens is 1. The lowest BCUT2D eigenvalue weighted by Crippen LogP contribution is -2.37. The third-order valence-corrected chi connectivity index (χ3v) is 5.92. The van der Waals surface area contributed by atoms with Crippen molar-refractivity contribution in [3.8, 4) is 0 Å². The Morgan fingerprint density at radius 3 is 2.47 bits per heavy atom. The number of hydrogen-bond donors (Lipinski definition) is 0. The molecule has 9 nitrogen and oxygen atoms in total. The number of imidazole rings is 1. The van der Waals surface area contributed by atoms with Crippen LogP contribution in [0.1, 0.15) is 36.3 Å². The number of benzene rings is 1. The van der Waals surface area contributed by atoms with Gasteiger partial charge < -0.3 is 8.98 Å². The van der Waals surface area contributed by atoms with Crippen LogP contribution in [0.2, 0.25) is 5.02 Å². The summed E-state index contributed by atoms with van der Waals surface area (Å²) in [5, 5.41) is 3.14. The van der Waals surface area contributed by atoms with Crippen molar-refractivity contribution >= 4 is 46.3 Å². The molecule has 1 aliphatic carbocycles. The number of aromatic nitrogens is 6. The van der Waals surface area contributed by atoms with Gasteiger partial charge in [0.05, 0.1) is 35.9 Å². The molecular weight excluding hydrogens is 428 g/mol. The quantitative estimate of drug-likeness (QED) is 0.421. The van der Waals surface area contributed by atoms with Gasteiger partial charge in [-0.05, 0) is 36.5 Å². The molecule has 4 aromatic rings. The molecule has 3 heterocycles. The molecular formula is C19H14B3ClN6O3. The number of hydrogen-bond acceptors (Lipinski definition) is 6. The summed E-state index contributed by atoms with van der Waals surface area (Å²) in [6.45, 7) is -0.102. The van der Waals surface area contributed by atoms with Gasteiger partial charge in [0.2, 0.25) is 5.89 Å². The minimum atomic E-state index is -1.83. The maximum Gasteiger partial charge on any atom is 0.437 e. The molecule has 0 amide bonds. The Bertz CT molecular complexity index is 1410. The lowest BCUT2D eigenvalue weighted by molar-refractivity contribution is 0.233. The van der Waals surface area contributed by atoms with E-state index < -0.39 is 16.6 Å². The van der Waals surface area contributed by atoms with Gasteiger partial charge in [0, 0.05) is 5.02 Å². The molecule has 0 N–H and O–H groups in total. The predicted molar refractivity (Wildman–Crippen MR) is 119 cm³/mol. The average molecular weight is 442 g/mol. The Balaban J connectivity index is 1.37. The highest BCUT2D eigenvalue weighted by Crippen LogP contribution is 2.43. The first kappa shape index (κ1) is 20.9. The highest BCUT2D eigenvalue weighted by molar-refractivity contribution is 6.56. The Kier molecular flexibility index (Phi) is 4.92. The topological polar surface area (TPSA) is 101 Å². The lowest BCUT2D eigenvalue weighted by Gasteiger charge is -2.34. The molecule has 6 radical (unpaired) electrons. The van der Waals surface area contributed by atoms with Crippen LogP contribution in [0, 0.1) is 0 Å². The van der Waals surface area contributed by atoms with E-state index in [1.54, 1.807) is 0 Å². The van der Waals surface area contributed by atoms with Crippen molar-refractivity contribution in [2.75, 3.05) is 0 Å². The summed E-state index contributed by atoms with van der Waals surface area (Å²) in [5.74, 6) is -0.168. The van der Waals surface area contributed by atoms with Crippen LogP contribution in [0.3, 0.4) is 0 Å². The van der Waals surface area contributed by atoms with Gasteiger partial charge in [-0.25, -0.2) is 14.8 Å². The van der Waals surface area contributed by atoms with Gasteiger partial charge in [-0.3, -0.25) is 9.36 Å². The van der Waals surface area contributed by atoms with E-state index in [1.807, 2.05) is 24.3 Å². The molecule has 0 saturated heterocycles. The highest BCUT2D eigenvalue weighted by Gasteiger charge is 2.34. The Labute approximate surface area is 190 Å². The van der Waals surface area contributed by atoms with Crippen molar-refractivity contribution in [2.24, 2.45) is 0 Å². The zero-order chi connectivity index (χ0) is 22.6. The van der Waals surface area contributed by atoms with E-state index in [0.29, 0.717) is 10.9 Å². The maximum atomic E-state index is 12.9. The van der Waals surface area contributed by atoms with E-state index in [9.17, 15) is 9.59 Å². The summed E-state index contributed by atoms with van der Waals surface area (Å²) in [6.07, 6.45) is 4.04. The maximum absolute atomic E-state index is 12.9. The van der Waals surface area contributed by atoms with Gasteiger partial charge in [0.25, 0.3) is 5.56 Å². The Morgan fingerprint density at radius 1 is 1.09 bits per heavy atom. The van der Waals surface area contributed by atoms with Crippen molar-refractivity contribution in [3.05, 3.63) is 74.3 Å². The Hall–Kier alpha value is -3.01. The second kappa shape index (κ2) is 7.55. The van der Waals surface area contributed by atoms with Crippen LogP contribution in [-0.2, 0) is 11.8 Å². The largest absolute Gasteiger partial charge is 0.437 e. The zero-order valence-electron chi connectivity index (χ0n) is 16.8. The monoisotopic (exact) mass is 442 g/mol. The van der Waals surface area contributed by atoms with Crippen molar-refractivity contribution in [2.45, 2.75) is 36.6 Å². The third-order valence-electron chi connectivity index (χ3n) is 5.67. The summed E-state index contributed by atoms with van der Waals surface area (Å²) < 4.78 is 8.95. The summed E-state index contributed by atoms with van der Waals surface area (Å²) in [5.41, 5.74) is 0.848. The summed E-state index contributed by atoms with van der Waals surface area (Å²) in [4.78, 5) is 33.4. The number of fused-ring (bicyclic) bond motifs is 1. The minimum Gasteiger partial charge on any atom is -0.390 e. The first-order chi connectivity index (χ1) is 15.2. The van der Waals surface area contributed by atoms with E-state index >= 15 is 0 Å². The first-order valence-corrected chi connectivity index (χ1v) is 10.2. The molecule has 0 spiro atoms. The van der Waals surface area contributed by atoms with Crippen molar-refractivity contribution < 1.29 is 4.42 Å². The number of nitrogens with zero attached hydrogens (tertiary/aromatic N) is 6. The van der Waals surface area contributed by atoms with E-state index in [4.69, 9.17) is 39.6 Å². The zero-order valence-corrected chi connectivity index (χ0v) is 17.5. The third kappa shape index (κ3) is 3.62. The molecule has 32 heavy (non-hydrogen) atoms. The van der Waals surface area contributed by atoms with E-state index in [1.165, 1.54) is 27.5 Å². The lowest BCUT2D eigenvalue weighted by atomic mass is 9.49. The highest BCUT2D eigenvalue weighted by atomic mass is 35.5. The normalized spacial score (nSPS) is 18.7. The van der Waals surface area contributed by atoms with Gasteiger partial charge in [-0.1, -0.05) is 29.0 Å². The molecule has 154 valence electrons. The van der Waals surface area contributed by atoms with Crippen LogP contribution < -0.4 is 11.3 Å². The molecule has 1 saturated carbocycles. The summed E-state index contributed by atoms with van der Waals surface area (Å²) in [7, 11) is 17.1. The van der Waals surface area contributed by atoms with Crippen LogP contribution in [0.4, 0.5) is 0 Å². The smallest absolute Gasteiger partial charge is 0.390 e. The second-order valence-electron chi connectivity index (χ2n) is 7.93. The SMILES string of the molecule is [B]C([B])([B])n1cnc2ncn(Cc3nn(C4CC(c5ccc(Cl)cc5)C4)c(=O)o3)c(=O)c21. The predicted octanol–water partition coefficient (Wildman–Crippen LogP) is 0.636. The van der Waals surface area contributed by atoms with Gasteiger partial charge in [-0.2, -0.15) is 4.68 Å². The molecule has 1 fully saturated rings. The first-order valence-electron chi connectivity index (χ1n) is 9.84. The summed E-state index contributed by atoms with van der Waals surface area (Å²) >= 11 is 5.94. The molecule has 1 aromatic carbocycles. The van der Waals surface area contributed by atoms with Gasteiger partial charge in [0.15, 0.2) is 11.2 Å². The molecule has 13 heteroatoms. The molecule has 0 bridgehead atoms. The van der Waals surface area contributed by atoms with Crippen LogP contribution in [0.15, 0.2) is 50.9 Å². The second-order valence-corrected chi connectivity index (χ2v) is 8.37. The molecule has 1 aliphatic rings. The van der Waals surface area contributed by atoms with Crippen LogP contribution >= 0.6 is 11.6 Å². The van der Waals surface area contributed by atoms with Crippen LogP contribution in [0.25, 0.3) is 11.2 Å². The Morgan fingerprint density at radius 2 is 1.78 bits per heavy atom. The number of rotatable bonds is 5.